The number of rotatable bonds is 3. The number of phenolic OH excluding ortho intramolecular Hbond substituents is 1. The van der Waals surface area contributed by atoms with E-state index in [1.165, 1.54) is 24.3 Å². The lowest BCUT2D eigenvalue weighted by Crippen LogP contribution is -2.05. The lowest BCUT2D eigenvalue weighted by atomic mass is 10.3. The molecule has 1 aromatic carbocycles. The molecule has 0 bridgehead atoms. The van der Waals surface area contributed by atoms with E-state index in [0.717, 1.165) is 0 Å². The van der Waals surface area contributed by atoms with Crippen molar-refractivity contribution in [3.8, 4) is 5.75 Å². The van der Waals surface area contributed by atoms with Gasteiger partial charge < -0.3 is 5.11 Å². The predicted octanol–water partition coefficient (Wildman–Crippen LogP) is 1.41. The van der Waals surface area contributed by atoms with Gasteiger partial charge in [-0.25, -0.2) is 18.4 Å². The normalized spacial score (nSPS) is 11.8. The summed E-state index contributed by atoms with van der Waals surface area (Å²) in [5, 5.41) is 9.36. The second-order valence-corrected chi connectivity index (χ2v) is 6.31. The molecule has 7 heteroatoms. The van der Waals surface area contributed by atoms with Crippen molar-refractivity contribution in [1.82, 2.24) is 14.4 Å². The number of aromatic nitrogens is 3. The molecule has 0 amide bonds. The van der Waals surface area contributed by atoms with Crippen LogP contribution in [0.5, 0.6) is 5.75 Å². The minimum absolute atomic E-state index is 0.0718. The van der Waals surface area contributed by atoms with Crippen LogP contribution in [0.2, 0.25) is 0 Å². The number of nitrogens with zero attached hydrogens (tertiary/aromatic N) is 3. The van der Waals surface area contributed by atoms with Crippen LogP contribution < -0.4 is 0 Å². The van der Waals surface area contributed by atoms with E-state index in [1.54, 1.807) is 29.1 Å². The third-order valence-electron chi connectivity index (χ3n) is 2.80. The lowest BCUT2D eigenvalue weighted by Gasteiger charge is -2.02. The Bertz CT molecular complexity index is 838. The summed E-state index contributed by atoms with van der Waals surface area (Å²) in [5.41, 5.74) is 0.409. The van der Waals surface area contributed by atoms with Crippen LogP contribution in [0.15, 0.2) is 53.8 Å². The second-order valence-electron chi connectivity index (χ2n) is 4.32. The molecular weight excluding hydrogens is 278 g/mol. The molecule has 0 radical (unpaired) electrons. The van der Waals surface area contributed by atoms with E-state index in [9.17, 15) is 13.5 Å². The minimum atomic E-state index is -3.55. The number of benzene rings is 1. The molecule has 102 valence electrons. The standard InChI is InChI=1S/C13H11N3O3S/c17-11-3-1-4-12(7-11)20(18,19)9-10-8-16-6-2-5-14-13(16)15-10/h1-8,17H,9H2. The molecule has 0 unspecified atom stereocenters. The van der Waals surface area contributed by atoms with Gasteiger partial charge in [-0.2, -0.15) is 0 Å². The number of hydrogen-bond donors (Lipinski definition) is 1. The molecule has 2 heterocycles. The van der Waals surface area contributed by atoms with Crippen molar-refractivity contribution in [3.63, 3.8) is 0 Å². The van der Waals surface area contributed by atoms with E-state index in [0.29, 0.717) is 11.5 Å². The molecule has 0 saturated carbocycles. The maximum Gasteiger partial charge on any atom is 0.233 e. The van der Waals surface area contributed by atoms with Gasteiger partial charge in [0.15, 0.2) is 9.84 Å². The van der Waals surface area contributed by atoms with Crippen LogP contribution in [-0.2, 0) is 15.6 Å². The minimum Gasteiger partial charge on any atom is -0.508 e. The summed E-state index contributed by atoms with van der Waals surface area (Å²) in [7, 11) is -3.55. The van der Waals surface area contributed by atoms with Crippen molar-refractivity contribution in [3.05, 3.63) is 54.6 Å². The first kappa shape index (κ1) is 12.6. The molecule has 0 aliphatic carbocycles. The Morgan fingerprint density at radius 2 is 2.10 bits per heavy atom. The Morgan fingerprint density at radius 1 is 1.25 bits per heavy atom. The van der Waals surface area contributed by atoms with Gasteiger partial charge in [0.25, 0.3) is 0 Å². The van der Waals surface area contributed by atoms with E-state index in [-0.39, 0.29) is 16.4 Å². The highest BCUT2D eigenvalue weighted by Crippen LogP contribution is 2.20. The predicted molar refractivity (Wildman–Crippen MR) is 72.0 cm³/mol. The molecule has 0 fully saturated rings. The smallest absolute Gasteiger partial charge is 0.233 e. The Morgan fingerprint density at radius 3 is 2.85 bits per heavy atom. The fourth-order valence-corrected chi connectivity index (χ4v) is 3.19. The van der Waals surface area contributed by atoms with Gasteiger partial charge in [-0.15, -0.1) is 0 Å². The number of sulfone groups is 1. The highest BCUT2D eigenvalue weighted by Gasteiger charge is 2.18. The molecule has 1 N–H and O–H groups in total. The van der Waals surface area contributed by atoms with Crippen LogP contribution in [-0.4, -0.2) is 27.9 Å². The molecule has 20 heavy (non-hydrogen) atoms. The first-order valence-corrected chi connectivity index (χ1v) is 7.50. The molecule has 0 saturated heterocycles. The number of aromatic hydroxyl groups is 1. The Hall–Kier alpha value is -2.41. The van der Waals surface area contributed by atoms with Crippen molar-refractivity contribution in [2.45, 2.75) is 10.6 Å². The maximum absolute atomic E-state index is 12.2. The Kier molecular flexibility index (Phi) is 2.90. The SMILES string of the molecule is O=S(=O)(Cc1cn2cccnc2n1)c1cccc(O)c1. The molecule has 3 rings (SSSR count). The summed E-state index contributed by atoms with van der Waals surface area (Å²) in [6.45, 7) is 0. The Balaban J connectivity index is 1.97. The summed E-state index contributed by atoms with van der Waals surface area (Å²) in [6.07, 6.45) is 4.97. The van der Waals surface area contributed by atoms with E-state index in [1.807, 2.05) is 0 Å². The van der Waals surface area contributed by atoms with Gasteiger partial charge in [0, 0.05) is 18.6 Å². The van der Waals surface area contributed by atoms with Gasteiger partial charge in [-0.3, -0.25) is 4.40 Å². The summed E-state index contributed by atoms with van der Waals surface area (Å²) >= 11 is 0. The van der Waals surface area contributed by atoms with Crippen LogP contribution in [0.4, 0.5) is 0 Å². The first-order chi connectivity index (χ1) is 9.54. The van der Waals surface area contributed by atoms with Crippen LogP contribution in [0, 0.1) is 0 Å². The zero-order valence-corrected chi connectivity index (χ0v) is 11.2. The van der Waals surface area contributed by atoms with Gasteiger partial charge >= 0.3 is 0 Å². The average molecular weight is 289 g/mol. The largest absolute Gasteiger partial charge is 0.508 e. The third-order valence-corrected chi connectivity index (χ3v) is 4.45. The number of imidazole rings is 1. The topological polar surface area (TPSA) is 84.6 Å². The zero-order chi connectivity index (χ0) is 14.2. The highest BCUT2D eigenvalue weighted by atomic mass is 32.2. The summed E-state index contributed by atoms with van der Waals surface area (Å²) < 4.78 is 26.2. The lowest BCUT2D eigenvalue weighted by molar-refractivity contribution is 0.473. The molecule has 0 atom stereocenters. The summed E-state index contributed by atoms with van der Waals surface area (Å²) in [6, 6.07) is 7.33. The number of phenols is 1. The monoisotopic (exact) mass is 289 g/mol. The maximum atomic E-state index is 12.2. The van der Waals surface area contributed by atoms with Crippen molar-refractivity contribution < 1.29 is 13.5 Å². The van der Waals surface area contributed by atoms with Crippen molar-refractivity contribution in [1.29, 1.82) is 0 Å². The first-order valence-electron chi connectivity index (χ1n) is 5.85. The molecule has 6 nitrogen and oxygen atoms in total. The van der Waals surface area contributed by atoms with Gasteiger partial charge in [0.1, 0.15) is 5.75 Å². The van der Waals surface area contributed by atoms with Crippen molar-refractivity contribution in [2.75, 3.05) is 0 Å². The van der Waals surface area contributed by atoms with Gasteiger partial charge in [-0.05, 0) is 24.3 Å². The quantitative estimate of drug-likeness (QED) is 0.788. The fraction of sp³-hybridized carbons (Fsp3) is 0.0769. The number of hydrogen-bond acceptors (Lipinski definition) is 5. The van der Waals surface area contributed by atoms with Gasteiger partial charge in [-0.1, -0.05) is 6.07 Å². The van der Waals surface area contributed by atoms with Crippen LogP contribution >= 0.6 is 0 Å². The van der Waals surface area contributed by atoms with E-state index in [2.05, 4.69) is 9.97 Å². The van der Waals surface area contributed by atoms with E-state index >= 15 is 0 Å². The number of fused-ring (bicyclic) bond motifs is 1. The fourth-order valence-electron chi connectivity index (χ4n) is 1.90. The van der Waals surface area contributed by atoms with E-state index in [4.69, 9.17) is 0 Å². The third kappa shape index (κ3) is 2.35. The molecular formula is C13H11N3O3S. The van der Waals surface area contributed by atoms with Crippen LogP contribution in [0.1, 0.15) is 5.69 Å². The van der Waals surface area contributed by atoms with Gasteiger partial charge in [0.05, 0.1) is 16.3 Å². The van der Waals surface area contributed by atoms with Crippen molar-refractivity contribution in [2.24, 2.45) is 0 Å². The van der Waals surface area contributed by atoms with E-state index < -0.39 is 9.84 Å². The van der Waals surface area contributed by atoms with Gasteiger partial charge in [0.2, 0.25) is 5.78 Å². The van der Waals surface area contributed by atoms with Crippen LogP contribution in [0.25, 0.3) is 5.78 Å². The van der Waals surface area contributed by atoms with Crippen LogP contribution in [0.3, 0.4) is 0 Å². The Labute approximate surface area is 115 Å². The second kappa shape index (κ2) is 4.61. The zero-order valence-electron chi connectivity index (χ0n) is 10.3. The molecule has 0 spiro atoms. The highest BCUT2D eigenvalue weighted by molar-refractivity contribution is 7.90. The van der Waals surface area contributed by atoms with Crippen molar-refractivity contribution >= 4 is 15.6 Å². The molecule has 0 aliphatic rings. The summed E-state index contributed by atoms with van der Waals surface area (Å²) in [5.74, 6) is 0.135. The molecule has 2 aromatic heterocycles. The molecule has 3 aromatic rings. The summed E-state index contributed by atoms with van der Waals surface area (Å²) in [4.78, 5) is 8.26. The molecule has 0 aliphatic heterocycles. The average Bonchev–Trinajstić information content (AvgIpc) is 2.80.